The molecule has 0 unspecified atom stereocenters. The van der Waals surface area contributed by atoms with Crippen molar-refractivity contribution in [1.82, 2.24) is 10.6 Å². The number of methoxy groups -OCH3 is 1. The zero-order chi connectivity index (χ0) is 14.6. The molecule has 0 aliphatic heterocycles. The van der Waals surface area contributed by atoms with E-state index in [9.17, 15) is 0 Å². The van der Waals surface area contributed by atoms with E-state index in [1.807, 2.05) is 23.9 Å². The largest absolute Gasteiger partial charge is 0.380 e. The van der Waals surface area contributed by atoms with Crippen LogP contribution in [0.15, 0.2) is 29.3 Å². The highest BCUT2D eigenvalue weighted by atomic mass is 32.2. The normalized spacial score (nSPS) is 11.4. The molecular formula is C15H25N3OS. The van der Waals surface area contributed by atoms with Crippen LogP contribution in [0.3, 0.4) is 0 Å². The summed E-state index contributed by atoms with van der Waals surface area (Å²) in [4.78, 5) is 4.63. The molecule has 112 valence electrons. The molecule has 0 bridgehead atoms. The van der Waals surface area contributed by atoms with Crippen LogP contribution in [0.1, 0.15) is 18.1 Å². The maximum Gasteiger partial charge on any atom is 0.191 e. The van der Waals surface area contributed by atoms with Crippen molar-refractivity contribution in [2.75, 3.05) is 32.2 Å². The van der Waals surface area contributed by atoms with Gasteiger partial charge in [0.2, 0.25) is 0 Å². The Morgan fingerprint density at radius 1 is 1.25 bits per heavy atom. The van der Waals surface area contributed by atoms with Crippen LogP contribution in [-0.4, -0.2) is 38.2 Å². The Morgan fingerprint density at radius 2 is 2.00 bits per heavy atom. The van der Waals surface area contributed by atoms with E-state index in [1.54, 1.807) is 7.11 Å². The van der Waals surface area contributed by atoms with Crippen LogP contribution in [-0.2, 0) is 17.9 Å². The molecular weight excluding hydrogens is 270 g/mol. The molecule has 0 saturated heterocycles. The maximum absolute atomic E-state index is 5.22. The third-order valence-electron chi connectivity index (χ3n) is 2.77. The molecule has 4 nitrogen and oxygen atoms in total. The predicted octanol–water partition coefficient (Wildman–Crippen LogP) is 2.25. The topological polar surface area (TPSA) is 45.7 Å². The molecule has 0 aliphatic carbocycles. The summed E-state index contributed by atoms with van der Waals surface area (Å²) in [7, 11) is 1.72. The van der Waals surface area contributed by atoms with Crippen LogP contribution in [0.25, 0.3) is 0 Å². The summed E-state index contributed by atoms with van der Waals surface area (Å²) in [6.07, 6.45) is 2.10. The van der Waals surface area contributed by atoms with Gasteiger partial charge in [0.1, 0.15) is 0 Å². The van der Waals surface area contributed by atoms with Crippen molar-refractivity contribution in [3.05, 3.63) is 35.4 Å². The van der Waals surface area contributed by atoms with Gasteiger partial charge in [-0.15, -0.1) is 0 Å². The molecule has 0 spiro atoms. The lowest BCUT2D eigenvalue weighted by Gasteiger charge is -2.11. The average Bonchev–Trinajstić information content (AvgIpc) is 2.46. The van der Waals surface area contributed by atoms with Gasteiger partial charge >= 0.3 is 0 Å². The molecule has 0 aromatic heterocycles. The maximum atomic E-state index is 5.22. The minimum Gasteiger partial charge on any atom is -0.380 e. The standard InChI is InChI=1S/C15H25N3OS/c1-4-16-15(17-9-10-20-3)18-11-13-7-5-6-8-14(13)12-19-2/h5-8H,4,9-12H2,1-3H3,(H2,16,17,18). The monoisotopic (exact) mass is 295 g/mol. The zero-order valence-corrected chi connectivity index (χ0v) is 13.4. The molecule has 0 radical (unpaired) electrons. The fourth-order valence-electron chi connectivity index (χ4n) is 1.79. The summed E-state index contributed by atoms with van der Waals surface area (Å²) in [6.45, 7) is 5.15. The van der Waals surface area contributed by atoms with Crippen LogP contribution in [0, 0.1) is 0 Å². The van der Waals surface area contributed by atoms with Crippen LogP contribution in [0.2, 0.25) is 0 Å². The van der Waals surface area contributed by atoms with Gasteiger partial charge in [0.25, 0.3) is 0 Å². The number of aliphatic imine (C=N–C) groups is 1. The summed E-state index contributed by atoms with van der Waals surface area (Å²) in [6, 6.07) is 8.26. The molecule has 20 heavy (non-hydrogen) atoms. The van der Waals surface area contributed by atoms with Gasteiger partial charge in [0.05, 0.1) is 13.2 Å². The van der Waals surface area contributed by atoms with Crippen LogP contribution >= 0.6 is 11.8 Å². The Morgan fingerprint density at radius 3 is 2.65 bits per heavy atom. The van der Waals surface area contributed by atoms with E-state index in [0.29, 0.717) is 13.2 Å². The summed E-state index contributed by atoms with van der Waals surface area (Å²) in [5, 5.41) is 6.59. The van der Waals surface area contributed by atoms with Gasteiger partial charge in [-0.25, -0.2) is 4.99 Å². The highest BCUT2D eigenvalue weighted by molar-refractivity contribution is 7.98. The van der Waals surface area contributed by atoms with E-state index in [-0.39, 0.29) is 0 Å². The van der Waals surface area contributed by atoms with Crippen molar-refractivity contribution < 1.29 is 4.74 Å². The first-order valence-electron chi connectivity index (χ1n) is 6.88. The Hall–Kier alpha value is -1.20. The number of ether oxygens (including phenoxy) is 1. The molecule has 0 saturated carbocycles. The third kappa shape index (κ3) is 6.30. The molecule has 1 aromatic rings. The average molecular weight is 295 g/mol. The zero-order valence-electron chi connectivity index (χ0n) is 12.6. The lowest BCUT2D eigenvalue weighted by Crippen LogP contribution is -2.38. The van der Waals surface area contributed by atoms with Crippen molar-refractivity contribution >= 4 is 17.7 Å². The number of thioether (sulfide) groups is 1. The Labute approximate surface area is 126 Å². The highest BCUT2D eigenvalue weighted by Crippen LogP contribution is 2.11. The first-order chi connectivity index (χ1) is 9.81. The SMILES string of the molecule is CCNC(=NCc1ccccc1COC)NCCSC. The number of nitrogens with zero attached hydrogens (tertiary/aromatic N) is 1. The van der Waals surface area contributed by atoms with Gasteiger partial charge in [-0.05, 0) is 24.3 Å². The fourth-order valence-corrected chi connectivity index (χ4v) is 2.09. The smallest absolute Gasteiger partial charge is 0.191 e. The van der Waals surface area contributed by atoms with Gasteiger partial charge in [-0.2, -0.15) is 11.8 Å². The minimum atomic E-state index is 0.627. The Balaban J connectivity index is 2.65. The number of nitrogens with one attached hydrogen (secondary N) is 2. The van der Waals surface area contributed by atoms with Crippen molar-refractivity contribution in [2.45, 2.75) is 20.1 Å². The van der Waals surface area contributed by atoms with Crippen LogP contribution in [0.4, 0.5) is 0 Å². The van der Waals surface area contributed by atoms with E-state index in [4.69, 9.17) is 4.74 Å². The third-order valence-corrected chi connectivity index (χ3v) is 3.38. The van der Waals surface area contributed by atoms with E-state index in [2.05, 4.69) is 40.9 Å². The Kier molecular flexibility index (Phi) is 8.91. The van der Waals surface area contributed by atoms with Crippen molar-refractivity contribution in [2.24, 2.45) is 4.99 Å². The molecule has 5 heteroatoms. The number of hydrogen-bond acceptors (Lipinski definition) is 3. The number of benzene rings is 1. The van der Waals surface area contributed by atoms with Gasteiger partial charge in [0, 0.05) is 26.0 Å². The van der Waals surface area contributed by atoms with Crippen molar-refractivity contribution in [3.63, 3.8) is 0 Å². The van der Waals surface area contributed by atoms with Gasteiger partial charge in [-0.1, -0.05) is 24.3 Å². The minimum absolute atomic E-state index is 0.627. The second-order valence-corrected chi connectivity index (χ2v) is 5.30. The number of rotatable bonds is 8. The second kappa shape index (κ2) is 10.6. The fraction of sp³-hybridized carbons (Fsp3) is 0.533. The predicted molar refractivity (Wildman–Crippen MR) is 88.4 cm³/mol. The molecule has 0 heterocycles. The molecule has 0 aliphatic rings. The number of hydrogen-bond donors (Lipinski definition) is 2. The van der Waals surface area contributed by atoms with Crippen LogP contribution in [0.5, 0.6) is 0 Å². The summed E-state index contributed by atoms with van der Waals surface area (Å²) < 4.78 is 5.22. The highest BCUT2D eigenvalue weighted by Gasteiger charge is 2.02. The number of guanidine groups is 1. The van der Waals surface area contributed by atoms with Crippen molar-refractivity contribution in [1.29, 1.82) is 0 Å². The second-order valence-electron chi connectivity index (χ2n) is 4.32. The van der Waals surface area contributed by atoms with E-state index in [0.717, 1.165) is 24.8 Å². The molecule has 0 amide bonds. The van der Waals surface area contributed by atoms with Gasteiger partial charge in [-0.3, -0.25) is 0 Å². The van der Waals surface area contributed by atoms with E-state index < -0.39 is 0 Å². The van der Waals surface area contributed by atoms with E-state index >= 15 is 0 Å². The molecule has 1 rings (SSSR count). The van der Waals surface area contributed by atoms with Gasteiger partial charge < -0.3 is 15.4 Å². The first-order valence-corrected chi connectivity index (χ1v) is 8.28. The van der Waals surface area contributed by atoms with E-state index in [1.165, 1.54) is 11.1 Å². The summed E-state index contributed by atoms with van der Waals surface area (Å²) >= 11 is 1.82. The lowest BCUT2D eigenvalue weighted by atomic mass is 10.1. The van der Waals surface area contributed by atoms with Gasteiger partial charge in [0.15, 0.2) is 5.96 Å². The Bertz CT molecular complexity index is 410. The molecule has 1 aromatic carbocycles. The molecule has 2 N–H and O–H groups in total. The summed E-state index contributed by atoms with van der Waals surface area (Å²) in [5.41, 5.74) is 2.40. The molecule has 0 atom stereocenters. The molecule has 0 fully saturated rings. The summed E-state index contributed by atoms with van der Waals surface area (Å²) in [5.74, 6) is 1.94. The quantitative estimate of drug-likeness (QED) is 0.439. The van der Waals surface area contributed by atoms with Crippen molar-refractivity contribution in [3.8, 4) is 0 Å². The van der Waals surface area contributed by atoms with Crippen LogP contribution < -0.4 is 10.6 Å². The first kappa shape index (κ1) is 16.9. The lowest BCUT2D eigenvalue weighted by molar-refractivity contribution is 0.184.